The van der Waals surface area contributed by atoms with Crippen LogP contribution in [0.3, 0.4) is 0 Å². The van der Waals surface area contributed by atoms with Gasteiger partial charge in [-0.25, -0.2) is 0 Å². The molecular weight excluding hydrogens is 172 g/mol. The van der Waals surface area contributed by atoms with E-state index in [0.29, 0.717) is 11.5 Å². The topological polar surface area (TPSA) is 78.3 Å². The second-order valence-electron chi connectivity index (χ2n) is 2.54. The van der Waals surface area contributed by atoms with Gasteiger partial charge in [-0.2, -0.15) is 0 Å². The van der Waals surface area contributed by atoms with Gasteiger partial charge in [0.25, 0.3) is 0 Å². The average molecular weight is 182 g/mol. The van der Waals surface area contributed by atoms with Crippen molar-refractivity contribution in [3.05, 3.63) is 23.7 Å². The molecule has 1 aromatic heterocycles. The van der Waals surface area contributed by atoms with E-state index >= 15 is 0 Å². The highest BCUT2D eigenvalue weighted by molar-refractivity contribution is 6.46. The molecule has 70 valence electrons. The quantitative estimate of drug-likeness (QED) is 0.414. The van der Waals surface area contributed by atoms with E-state index in [4.69, 9.17) is 14.8 Å². The highest BCUT2D eigenvalue weighted by Gasteiger charge is 2.12. The fourth-order valence-corrected chi connectivity index (χ4v) is 0.909. The lowest BCUT2D eigenvalue weighted by Gasteiger charge is -1.96. The minimum absolute atomic E-state index is 0.121. The van der Waals surface area contributed by atoms with Crippen molar-refractivity contribution in [1.82, 2.24) is 0 Å². The molecule has 0 aliphatic heterocycles. The number of oxime groups is 2. The minimum Gasteiger partial charge on any atom is -0.460 e. The van der Waals surface area contributed by atoms with Crippen molar-refractivity contribution in [3.8, 4) is 0 Å². The largest absolute Gasteiger partial charge is 0.460 e. The Kier molecular flexibility index (Phi) is 2.69. The molecular formula is C8H10N2O3. The Bertz CT molecular complexity index is 352. The molecule has 0 spiro atoms. The van der Waals surface area contributed by atoms with Gasteiger partial charge in [-0.15, -0.1) is 0 Å². The van der Waals surface area contributed by atoms with Gasteiger partial charge in [0, 0.05) is 0 Å². The van der Waals surface area contributed by atoms with Gasteiger partial charge < -0.3 is 14.8 Å². The summed E-state index contributed by atoms with van der Waals surface area (Å²) >= 11 is 0. The smallest absolute Gasteiger partial charge is 0.169 e. The van der Waals surface area contributed by atoms with E-state index in [1.54, 1.807) is 19.1 Å². The Morgan fingerprint density at radius 2 is 2.00 bits per heavy atom. The normalized spacial score (nSPS) is 13.4. The first-order chi connectivity index (χ1) is 6.19. The summed E-state index contributed by atoms with van der Waals surface area (Å²) in [4.78, 5) is 0. The monoisotopic (exact) mass is 182 g/mol. The van der Waals surface area contributed by atoms with Crippen molar-refractivity contribution in [2.75, 3.05) is 0 Å². The van der Waals surface area contributed by atoms with Gasteiger partial charge in [0.2, 0.25) is 0 Å². The number of aryl methyl sites for hydroxylation is 1. The molecule has 0 unspecified atom stereocenters. The van der Waals surface area contributed by atoms with Gasteiger partial charge >= 0.3 is 0 Å². The molecule has 13 heavy (non-hydrogen) atoms. The SMILES string of the molecule is CC(=N\O)/C(=N/O)c1ccc(C)o1. The minimum atomic E-state index is 0.121. The van der Waals surface area contributed by atoms with Crippen molar-refractivity contribution >= 4 is 11.4 Å². The van der Waals surface area contributed by atoms with Crippen molar-refractivity contribution in [1.29, 1.82) is 0 Å². The zero-order chi connectivity index (χ0) is 9.84. The molecule has 2 N–H and O–H groups in total. The molecule has 1 aromatic rings. The molecule has 0 saturated heterocycles. The number of nitrogens with zero attached hydrogens (tertiary/aromatic N) is 2. The van der Waals surface area contributed by atoms with Gasteiger partial charge in [-0.1, -0.05) is 10.3 Å². The van der Waals surface area contributed by atoms with Gasteiger partial charge in [-0.05, 0) is 26.0 Å². The summed E-state index contributed by atoms with van der Waals surface area (Å²) in [5.41, 5.74) is 0.312. The first kappa shape index (κ1) is 9.31. The van der Waals surface area contributed by atoms with E-state index < -0.39 is 0 Å². The molecule has 0 atom stereocenters. The number of hydrogen-bond acceptors (Lipinski definition) is 5. The standard InChI is InChI=1S/C8H10N2O3/c1-5-3-4-7(13-5)8(10-12)6(2)9-11/h3-4,11-12H,1-2H3/b9-6+,10-8-. The molecule has 0 aromatic carbocycles. The summed E-state index contributed by atoms with van der Waals surface area (Å²) in [6.07, 6.45) is 0. The maximum Gasteiger partial charge on any atom is 0.169 e. The van der Waals surface area contributed by atoms with Crippen LogP contribution >= 0.6 is 0 Å². The maximum absolute atomic E-state index is 8.63. The van der Waals surface area contributed by atoms with E-state index in [1.165, 1.54) is 6.92 Å². The molecule has 5 heteroatoms. The van der Waals surface area contributed by atoms with Gasteiger partial charge in [-0.3, -0.25) is 0 Å². The molecule has 0 amide bonds. The van der Waals surface area contributed by atoms with Crippen molar-refractivity contribution in [2.45, 2.75) is 13.8 Å². The molecule has 0 bridgehead atoms. The lowest BCUT2D eigenvalue weighted by molar-refractivity contribution is 0.313. The summed E-state index contributed by atoms with van der Waals surface area (Å²) < 4.78 is 5.18. The number of hydrogen-bond donors (Lipinski definition) is 2. The van der Waals surface area contributed by atoms with Crippen LogP contribution in [0.2, 0.25) is 0 Å². The Labute approximate surface area is 75.0 Å². The first-order valence-electron chi connectivity index (χ1n) is 3.67. The van der Waals surface area contributed by atoms with E-state index in [-0.39, 0.29) is 11.4 Å². The van der Waals surface area contributed by atoms with Crippen LogP contribution in [-0.4, -0.2) is 21.8 Å². The predicted octanol–water partition coefficient (Wildman–Crippen LogP) is 1.62. The van der Waals surface area contributed by atoms with Crippen LogP contribution in [0.1, 0.15) is 18.4 Å². The van der Waals surface area contributed by atoms with Crippen LogP contribution in [0.5, 0.6) is 0 Å². The zero-order valence-corrected chi connectivity index (χ0v) is 7.35. The summed E-state index contributed by atoms with van der Waals surface area (Å²) in [5.74, 6) is 1.07. The lowest BCUT2D eigenvalue weighted by Crippen LogP contribution is -2.11. The lowest BCUT2D eigenvalue weighted by atomic mass is 10.2. The van der Waals surface area contributed by atoms with Gasteiger partial charge in [0.05, 0.1) is 0 Å². The molecule has 1 heterocycles. The first-order valence-corrected chi connectivity index (χ1v) is 3.67. The third-order valence-corrected chi connectivity index (χ3v) is 1.57. The maximum atomic E-state index is 8.63. The summed E-state index contributed by atoms with van der Waals surface area (Å²) in [6.45, 7) is 3.27. The third kappa shape index (κ3) is 1.87. The van der Waals surface area contributed by atoms with E-state index in [0.717, 1.165) is 0 Å². The Hall–Kier alpha value is -1.78. The highest BCUT2D eigenvalue weighted by Crippen LogP contribution is 2.08. The van der Waals surface area contributed by atoms with E-state index in [9.17, 15) is 0 Å². The van der Waals surface area contributed by atoms with Gasteiger partial charge in [0.15, 0.2) is 11.5 Å². The van der Waals surface area contributed by atoms with Crippen LogP contribution in [0.4, 0.5) is 0 Å². The molecule has 5 nitrogen and oxygen atoms in total. The Balaban J connectivity index is 3.06. The van der Waals surface area contributed by atoms with Gasteiger partial charge in [0.1, 0.15) is 11.5 Å². The molecule has 0 aliphatic carbocycles. The van der Waals surface area contributed by atoms with Crippen molar-refractivity contribution in [3.63, 3.8) is 0 Å². The van der Waals surface area contributed by atoms with Crippen molar-refractivity contribution in [2.24, 2.45) is 10.3 Å². The fourth-order valence-electron chi connectivity index (χ4n) is 0.909. The van der Waals surface area contributed by atoms with Crippen LogP contribution in [-0.2, 0) is 0 Å². The van der Waals surface area contributed by atoms with Crippen LogP contribution < -0.4 is 0 Å². The van der Waals surface area contributed by atoms with E-state index in [1.807, 2.05) is 0 Å². The second kappa shape index (κ2) is 3.75. The molecule has 0 radical (unpaired) electrons. The van der Waals surface area contributed by atoms with E-state index in [2.05, 4.69) is 10.3 Å². The summed E-state index contributed by atoms with van der Waals surface area (Å²) in [5, 5.41) is 23.0. The summed E-state index contributed by atoms with van der Waals surface area (Å²) in [7, 11) is 0. The number of rotatable bonds is 2. The fraction of sp³-hybridized carbons (Fsp3) is 0.250. The highest BCUT2D eigenvalue weighted by atomic mass is 16.4. The second-order valence-corrected chi connectivity index (χ2v) is 2.54. The Morgan fingerprint density at radius 3 is 2.38 bits per heavy atom. The number of furan rings is 1. The van der Waals surface area contributed by atoms with Crippen molar-refractivity contribution < 1.29 is 14.8 Å². The zero-order valence-electron chi connectivity index (χ0n) is 7.35. The van der Waals surface area contributed by atoms with Crippen LogP contribution in [0, 0.1) is 6.92 Å². The molecule has 0 aliphatic rings. The predicted molar refractivity (Wildman–Crippen MR) is 46.7 cm³/mol. The molecule has 0 fully saturated rings. The Morgan fingerprint density at radius 1 is 1.31 bits per heavy atom. The summed E-state index contributed by atoms with van der Waals surface area (Å²) in [6, 6.07) is 3.37. The molecule has 1 rings (SSSR count). The third-order valence-electron chi connectivity index (χ3n) is 1.57. The van der Waals surface area contributed by atoms with Crippen LogP contribution in [0.15, 0.2) is 26.9 Å². The van der Waals surface area contributed by atoms with Crippen LogP contribution in [0.25, 0.3) is 0 Å². The molecule has 0 saturated carbocycles. The average Bonchev–Trinajstić information content (AvgIpc) is 2.53.